The minimum absolute atomic E-state index is 0.0389. The summed E-state index contributed by atoms with van der Waals surface area (Å²) in [5, 5.41) is 0. The van der Waals surface area contributed by atoms with Crippen molar-refractivity contribution in [3.8, 4) is 0 Å². The highest BCUT2D eigenvalue weighted by Crippen LogP contribution is 2.21. The molecule has 0 aromatic heterocycles. The average Bonchev–Trinajstić information content (AvgIpc) is 2.55. The lowest BCUT2D eigenvalue weighted by Crippen LogP contribution is -2.30. The molecule has 0 amide bonds. The fourth-order valence-corrected chi connectivity index (χ4v) is 2.13. The fourth-order valence-electron chi connectivity index (χ4n) is 2.13. The Balaban J connectivity index is 2.99. The molecule has 124 valence electrons. The molecule has 0 saturated carbocycles. The highest BCUT2D eigenvalue weighted by Gasteiger charge is 2.33. The Morgan fingerprint density at radius 1 is 1.00 bits per heavy atom. The number of hydrogen-bond donors (Lipinski definition) is 0. The van der Waals surface area contributed by atoms with E-state index in [0.717, 1.165) is 0 Å². The van der Waals surface area contributed by atoms with Crippen LogP contribution in [-0.2, 0) is 19.1 Å². The van der Waals surface area contributed by atoms with E-state index < -0.39 is 17.9 Å². The van der Waals surface area contributed by atoms with E-state index in [1.165, 1.54) is 0 Å². The lowest BCUT2D eigenvalue weighted by Gasteiger charge is -2.17. The standard InChI is InChI=1S/C18H22O5/c1-4-13(12-15(19)14-10-8-7-9-11-14)16(17(20)22-5-2)18(21)23-6-3/h4,7-11,16H,5-6,12H2,1-3H3/b13-4-. The van der Waals surface area contributed by atoms with Gasteiger partial charge in [0.05, 0.1) is 13.2 Å². The Morgan fingerprint density at radius 3 is 1.96 bits per heavy atom. The minimum atomic E-state index is -1.20. The maximum Gasteiger partial charge on any atom is 0.324 e. The van der Waals surface area contributed by atoms with Crippen LogP contribution in [0.2, 0.25) is 0 Å². The van der Waals surface area contributed by atoms with Gasteiger partial charge in [-0.05, 0) is 26.3 Å². The molecular formula is C18H22O5. The number of Topliss-reactive ketones (excluding diaryl/α,β-unsaturated/α-hetero) is 1. The van der Waals surface area contributed by atoms with Crippen LogP contribution in [0.5, 0.6) is 0 Å². The molecule has 0 unspecified atom stereocenters. The van der Waals surface area contributed by atoms with Gasteiger partial charge in [0.1, 0.15) is 0 Å². The Bertz CT molecular complexity index is 556. The second-order valence-electron chi connectivity index (χ2n) is 4.77. The molecule has 0 N–H and O–H groups in total. The highest BCUT2D eigenvalue weighted by molar-refractivity contribution is 6.02. The second-order valence-corrected chi connectivity index (χ2v) is 4.77. The van der Waals surface area contributed by atoms with E-state index in [9.17, 15) is 14.4 Å². The maximum atomic E-state index is 12.3. The van der Waals surface area contributed by atoms with Gasteiger partial charge in [0.25, 0.3) is 0 Å². The Labute approximate surface area is 136 Å². The zero-order valence-corrected chi connectivity index (χ0v) is 13.7. The van der Waals surface area contributed by atoms with Crippen molar-refractivity contribution in [2.24, 2.45) is 5.92 Å². The molecule has 0 atom stereocenters. The van der Waals surface area contributed by atoms with E-state index in [1.807, 2.05) is 6.07 Å². The smallest absolute Gasteiger partial charge is 0.324 e. The van der Waals surface area contributed by atoms with Crippen molar-refractivity contribution in [2.75, 3.05) is 13.2 Å². The molecule has 0 radical (unpaired) electrons. The van der Waals surface area contributed by atoms with Crippen molar-refractivity contribution in [3.05, 3.63) is 47.5 Å². The van der Waals surface area contributed by atoms with Gasteiger partial charge in [0.15, 0.2) is 11.7 Å². The lowest BCUT2D eigenvalue weighted by atomic mass is 9.92. The predicted octanol–water partition coefficient (Wildman–Crippen LogP) is 2.95. The highest BCUT2D eigenvalue weighted by atomic mass is 16.6. The van der Waals surface area contributed by atoms with Crippen molar-refractivity contribution in [1.82, 2.24) is 0 Å². The Morgan fingerprint density at radius 2 is 1.52 bits per heavy atom. The van der Waals surface area contributed by atoms with Gasteiger partial charge < -0.3 is 9.47 Å². The van der Waals surface area contributed by atoms with Crippen LogP contribution >= 0.6 is 0 Å². The maximum absolute atomic E-state index is 12.3. The van der Waals surface area contributed by atoms with Gasteiger partial charge in [0.2, 0.25) is 0 Å². The number of carbonyl (C=O) groups is 3. The molecule has 0 aliphatic heterocycles. The van der Waals surface area contributed by atoms with E-state index >= 15 is 0 Å². The first-order valence-corrected chi connectivity index (χ1v) is 7.61. The van der Waals surface area contributed by atoms with E-state index in [-0.39, 0.29) is 25.4 Å². The summed E-state index contributed by atoms with van der Waals surface area (Å²) in [4.78, 5) is 36.5. The topological polar surface area (TPSA) is 69.7 Å². The Hall–Kier alpha value is -2.43. The molecule has 0 aliphatic rings. The average molecular weight is 318 g/mol. The number of ketones is 1. The summed E-state index contributed by atoms with van der Waals surface area (Å²) in [6, 6.07) is 8.72. The van der Waals surface area contributed by atoms with Crippen LogP contribution in [0.4, 0.5) is 0 Å². The third-order valence-electron chi connectivity index (χ3n) is 3.25. The monoisotopic (exact) mass is 318 g/mol. The summed E-state index contributed by atoms with van der Waals surface area (Å²) in [6.45, 7) is 5.30. The minimum Gasteiger partial charge on any atom is -0.465 e. The quantitative estimate of drug-likeness (QED) is 0.319. The molecule has 0 fully saturated rings. The summed E-state index contributed by atoms with van der Waals surface area (Å²) >= 11 is 0. The van der Waals surface area contributed by atoms with Gasteiger partial charge in [-0.2, -0.15) is 0 Å². The molecular weight excluding hydrogens is 296 g/mol. The number of carbonyl (C=O) groups excluding carboxylic acids is 3. The van der Waals surface area contributed by atoms with Crippen molar-refractivity contribution >= 4 is 17.7 Å². The number of benzene rings is 1. The van der Waals surface area contributed by atoms with Gasteiger partial charge in [-0.1, -0.05) is 36.4 Å². The molecule has 5 heteroatoms. The first kappa shape index (κ1) is 18.6. The lowest BCUT2D eigenvalue weighted by molar-refractivity contribution is -0.159. The first-order valence-electron chi connectivity index (χ1n) is 7.61. The molecule has 23 heavy (non-hydrogen) atoms. The molecule has 5 nitrogen and oxygen atoms in total. The third kappa shape index (κ3) is 5.36. The summed E-state index contributed by atoms with van der Waals surface area (Å²) in [6.07, 6.45) is 1.56. The Kier molecular flexibility index (Phi) is 7.74. The molecule has 0 spiro atoms. The third-order valence-corrected chi connectivity index (χ3v) is 3.25. The second kappa shape index (κ2) is 9.56. The van der Waals surface area contributed by atoms with Gasteiger partial charge in [0, 0.05) is 12.0 Å². The van der Waals surface area contributed by atoms with E-state index in [2.05, 4.69) is 0 Å². The van der Waals surface area contributed by atoms with E-state index in [0.29, 0.717) is 11.1 Å². The summed E-state index contributed by atoms with van der Waals surface area (Å²) < 4.78 is 9.90. The SMILES string of the molecule is C/C=C(/CC(=O)c1ccccc1)C(C(=O)OCC)C(=O)OCC. The summed E-state index contributed by atoms with van der Waals surface area (Å²) in [5.41, 5.74) is 0.911. The number of allylic oxidation sites excluding steroid dienone is 1. The summed E-state index contributed by atoms with van der Waals surface area (Å²) in [7, 11) is 0. The van der Waals surface area contributed by atoms with Crippen LogP contribution in [0.3, 0.4) is 0 Å². The normalized spacial score (nSPS) is 11.2. The van der Waals surface area contributed by atoms with Crippen LogP contribution in [0.25, 0.3) is 0 Å². The molecule has 0 heterocycles. The van der Waals surface area contributed by atoms with Crippen LogP contribution in [0, 0.1) is 5.92 Å². The van der Waals surface area contributed by atoms with Crippen molar-refractivity contribution in [1.29, 1.82) is 0 Å². The molecule has 1 rings (SSSR count). The van der Waals surface area contributed by atoms with E-state index in [1.54, 1.807) is 51.1 Å². The zero-order valence-electron chi connectivity index (χ0n) is 13.7. The van der Waals surface area contributed by atoms with Crippen molar-refractivity contribution in [3.63, 3.8) is 0 Å². The van der Waals surface area contributed by atoms with Crippen molar-refractivity contribution < 1.29 is 23.9 Å². The number of rotatable bonds is 8. The molecule has 0 bridgehead atoms. The zero-order chi connectivity index (χ0) is 17.2. The molecule has 1 aromatic carbocycles. The number of esters is 2. The van der Waals surface area contributed by atoms with Crippen LogP contribution in [0.1, 0.15) is 37.6 Å². The number of ether oxygens (including phenoxy) is 2. The van der Waals surface area contributed by atoms with Crippen LogP contribution in [-0.4, -0.2) is 30.9 Å². The van der Waals surface area contributed by atoms with Crippen LogP contribution < -0.4 is 0 Å². The fraction of sp³-hybridized carbons (Fsp3) is 0.389. The van der Waals surface area contributed by atoms with Gasteiger partial charge in [-0.3, -0.25) is 14.4 Å². The van der Waals surface area contributed by atoms with Crippen molar-refractivity contribution in [2.45, 2.75) is 27.2 Å². The predicted molar refractivity (Wildman–Crippen MR) is 85.9 cm³/mol. The van der Waals surface area contributed by atoms with Gasteiger partial charge in [-0.15, -0.1) is 0 Å². The molecule has 0 aliphatic carbocycles. The molecule has 1 aromatic rings. The van der Waals surface area contributed by atoms with Gasteiger partial charge in [-0.25, -0.2) is 0 Å². The largest absolute Gasteiger partial charge is 0.465 e. The number of hydrogen-bond acceptors (Lipinski definition) is 5. The molecule has 0 saturated heterocycles. The van der Waals surface area contributed by atoms with Crippen LogP contribution in [0.15, 0.2) is 42.0 Å². The van der Waals surface area contributed by atoms with Gasteiger partial charge >= 0.3 is 11.9 Å². The summed E-state index contributed by atoms with van der Waals surface area (Å²) in [5.74, 6) is -2.76. The first-order chi connectivity index (χ1) is 11.0. The van der Waals surface area contributed by atoms with E-state index in [4.69, 9.17) is 9.47 Å².